The Kier molecular flexibility index (Phi) is 4.68. The van der Waals surface area contributed by atoms with E-state index >= 15 is 0 Å². The molecule has 1 rings (SSSR count). The molecule has 0 saturated carbocycles. The maximum atomic E-state index is 10.7. The fourth-order valence-electron chi connectivity index (χ4n) is 1.27. The molecule has 94 valence electrons. The molecule has 0 aliphatic heterocycles. The Morgan fingerprint density at radius 3 is 2.82 bits per heavy atom. The largest absolute Gasteiger partial charge is 0.465 e. The molecule has 0 aliphatic rings. The second kappa shape index (κ2) is 6.02. The van der Waals surface area contributed by atoms with Gasteiger partial charge in [0.2, 0.25) is 0 Å². The van der Waals surface area contributed by atoms with Crippen LogP contribution in [0.1, 0.15) is 6.42 Å². The summed E-state index contributed by atoms with van der Waals surface area (Å²) in [5.74, 6) is 0.293. The van der Waals surface area contributed by atoms with Crippen molar-refractivity contribution in [1.29, 1.82) is 0 Å². The predicted molar refractivity (Wildman–Crippen MR) is 61.0 cm³/mol. The SMILES string of the molecule is CNc1cc(OC(O)CCO)ccc1[N+](=O)[O-]. The van der Waals surface area contributed by atoms with E-state index in [-0.39, 0.29) is 18.7 Å². The molecule has 1 unspecified atom stereocenters. The molecule has 0 bridgehead atoms. The quantitative estimate of drug-likeness (QED) is 0.385. The second-order valence-corrected chi connectivity index (χ2v) is 3.27. The van der Waals surface area contributed by atoms with Crippen LogP contribution in [0, 0.1) is 10.1 Å². The normalized spacial score (nSPS) is 11.9. The van der Waals surface area contributed by atoms with E-state index in [1.165, 1.54) is 18.2 Å². The first-order valence-electron chi connectivity index (χ1n) is 5.00. The second-order valence-electron chi connectivity index (χ2n) is 3.27. The number of nitrogens with one attached hydrogen (secondary N) is 1. The van der Waals surface area contributed by atoms with E-state index in [2.05, 4.69) is 5.32 Å². The maximum absolute atomic E-state index is 10.7. The summed E-state index contributed by atoms with van der Waals surface area (Å²) in [6, 6.07) is 4.09. The van der Waals surface area contributed by atoms with Crippen LogP contribution in [0.25, 0.3) is 0 Å². The van der Waals surface area contributed by atoms with Crippen molar-refractivity contribution >= 4 is 11.4 Å². The molecule has 0 aliphatic carbocycles. The number of aliphatic hydroxyl groups excluding tert-OH is 2. The number of anilines is 1. The molecule has 0 fully saturated rings. The summed E-state index contributed by atoms with van der Waals surface area (Å²) in [6.45, 7) is -0.201. The summed E-state index contributed by atoms with van der Waals surface area (Å²) in [4.78, 5) is 10.1. The lowest BCUT2D eigenvalue weighted by molar-refractivity contribution is -0.384. The average Bonchev–Trinajstić information content (AvgIpc) is 2.28. The lowest BCUT2D eigenvalue weighted by atomic mass is 10.2. The van der Waals surface area contributed by atoms with Gasteiger partial charge in [-0.2, -0.15) is 0 Å². The minimum absolute atomic E-state index is 0.0727. The molecule has 3 N–H and O–H groups in total. The molecular formula is C10H14N2O5. The zero-order valence-electron chi connectivity index (χ0n) is 9.29. The van der Waals surface area contributed by atoms with Crippen molar-refractivity contribution in [3.8, 4) is 5.75 Å². The molecule has 1 atom stereocenters. The standard InChI is InChI=1S/C10H14N2O5/c1-11-8-6-7(17-10(14)4-5-13)2-3-9(8)12(15)16/h2-3,6,10-11,13-14H,4-5H2,1H3. The lowest BCUT2D eigenvalue weighted by Crippen LogP contribution is -2.17. The Labute approximate surface area is 97.8 Å². The van der Waals surface area contributed by atoms with Gasteiger partial charge in [-0.15, -0.1) is 0 Å². The van der Waals surface area contributed by atoms with Crippen LogP contribution in [0.2, 0.25) is 0 Å². The highest BCUT2D eigenvalue weighted by Crippen LogP contribution is 2.28. The van der Waals surface area contributed by atoms with Crippen LogP contribution in [0.15, 0.2) is 18.2 Å². The third-order valence-electron chi connectivity index (χ3n) is 2.08. The Morgan fingerprint density at radius 1 is 1.59 bits per heavy atom. The van der Waals surface area contributed by atoms with Crippen LogP contribution in [0.5, 0.6) is 5.75 Å². The zero-order chi connectivity index (χ0) is 12.8. The van der Waals surface area contributed by atoms with Gasteiger partial charge in [0.15, 0.2) is 6.29 Å². The van der Waals surface area contributed by atoms with Crippen LogP contribution in [0.4, 0.5) is 11.4 Å². The van der Waals surface area contributed by atoms with Gasteiger partial charge >= 0.3 is 0 Å². The summed E-state index contributed by atoms with van der Waals surface area (Å²) in [5, 5.41) is 31.2. The van der Waals surface area contributed by atoms with E-state index < -0.39 is 11.2 Å². The first-order chi connectivity index (χ1) is 8.08. The Hall–Kier alpha value is -1.86. The molecule has 17 heavy (non-hydrogen) atoms. The molecular weight excluding hydrogens is 228 g/mol. The topological polar surface area (TPSA) is 105 Å². The molecule has 0 saturated heterocycles. The van der Waals surface area contributed by atoms with Gasteiger partial charge in [0.25, 0.3) is 5.69 Å². The van der Waals surface area contributed by atoms with Gasteiger partial charge in [0, 0.05) is 32.2 Å². The summed E-state index contributed by atoms with van der Waals surface area (Å²) >= 11 is 0. The number of nitro benzene ring substituents is 1. The van der Waals surface area contributed by atoms with Crippen LogP contribution >= 0.6 is 0 Å². The number of hydrogen-bond donors (Lipinski definition) is 3. The monoisotopic (exact) mass is 242 g/mol. The predicted octanol–water partition coefficient (Wildman–Crippen LogP) is 0.716. The minimum atomic E-state index is -1.13. The number of nitro groups is 1. The van der Waals surface area contributed by atoms with Crippen molar-refractivity contribution in [3.63, 3.8) is 0 Å². The van der Waals surface area contributed by atoms with Crippen LogP contribution in [-0.4, -0.2) is 35.1 Å². The lowest BCUT2D eigenvalue weighted by Gasteiger charge is -2.13. The highest BCUT2D eigenvalue weighted by atomic mass is 16.6. The fourth-order valence-corrected chi connectivity index (χ4v) is 1.27. The van der Waals surface area contributed by atoms with Gasteiger partial charge in [-0.3, -0.25) is 10.1 Å². The smallest absolute Gasteiger partial charge is 0.292 e. The highest BCUT2D eigenvalue weighted by molar-refractivity contribution is 5.63. The van der Waals surface area contributed by atoms with Gasteiger partial charge in [-0.1, -0.05) is 0 Å². The summed E-state index contributed by atoms with van der Waals surface area (Å²) in [6.07, 6.45) is -1.06. The average molecular weight is 242 g/mol. The van der Waals surface area contributed by atoms with Gasteiger partial charge in [-0.25, -0.2) is 0 Å². The van der Waals surface area contributed by atoms with Gasteiger partial charge in [-0.05, 0) is 6.07 Å². The minimum Gasteiger partial charge on any atom is -0.465 e. The maximum Gasteiger partial charge on any atom is 0.292 e. The first-order valence-corrected chi connectivity index (χ1v) is 5.00. The number of aliphatic hydroxyl groups is 2. The zero-order valence-corrected chi connectivity index (χ0v) is 9.29. The number of benzene rings is 1. The summed E-state index contributed by atoms with van der Waals surface area (Å²) in [7, 11) is 1.55. The van der Waals surface area contributed by atoms with E-state index in [0.29, 0.717) is 11.4 Å². The molecule has 7 nitrogen and oxygen atoms in total. The van der Waals surface area contributed by atoms with E-state index in [1.807, 2.05) is 0 Å². The Morgan fingerprint density at radius 2 is 2.29 bits per heavy atom. The molecule has 0 spiro atoms. The van der Waals surface area contributed by atoms with E-state index in [1.54, 1.807) is 7.05 Å². The third kappa shape index (κ3) is 3.58. The number of nitrogens with zero attached hydrogens (tertiary/aromatic N) is 1. The molecule has 0 radical (unpaired) electrons. The van der Waals surface area contributed by atoms with Crippen molar-refractivity contribution in [3.05, 3.63) is 28.3 Å². The van der Waals surface area contributed by atoms with Crippen LogP contribution in [0.3, 0.4) is 0 Å². The molecule has 1 aromatic rings. The van der Waals surface area contributed by atoms with Gasteiger partial charge in [0.1, 0.15) is 11.4 Å². The summed E-state index contributed by atoms with van der Waals surface area (Å²) in [5.41, 5.74) is 0.222. The highest BCUT2D eigenvalue weighted by Gasteiger charge is 2.14. The molecule has 0 aromatic heterocycles. The van der Waals surface area contributed by atoms with E-state index in [4.69, 9.17) is 9.84 Å². The van der Waals surface area contributed by atoms with E-state index in [9.17, 15) is 15.2 Å². The van der Waals surface area contributed by atoms with Crippen molar-refractivity contribution in [2.24, 2.45) is 0 Å². The number of hydrogen-bond acceptors (Lipinski definition) is 6. The Balaban J connectivity index is 2.86. The number of ether oxygens (including phenoxy) is 1. The van der Waals surface area contributed by atoms with Crippen molar-refractivity contribution in [1.82, 2.24) is 0 Å². The summed E-state index contributed by atoms with van der Waals surface area (Å²) < 4.78 is 5.06. The molecule has 1 aromatic carbocycles. The van der Waals surface area contributed by atoms with Gasteiger partial charge < -0.3 is 20.3 Å². The molecule has 7 heteroatoms. The van der Waals surface area contributed by atoms with E-state index in [0.717, 1.165) is 0 Å². The Bertz CT molecular complexity index is 396. The van der Waals surface area contributed by atoms with Crippen LogP contribution in [-0.2, 0) is 0 Å². The first kappa shape index (κ1) is 13.2. The van der Waals surface area contributed by atoms with Crippen LogP contribution < -0.4 is 10.1 Å². The third-order valence-corrected chi connectivity index (χ3v) is 2.08. The van der Waals surface area contributed by atoms with Crippen molar-refractivity contribution in [2.45, 2.75) is 12.7 Å². The van der Waals surface area contributed by atoms with Crippen molar-refractivity contribution in [2.75, 3.05) is 19.0 Å². The van der Waals surface area contributed by atoms with Crippen molar-refractivity contribution < 1.29 is 19.9 Å². The van der Waals surface area contributed by atoms with Gasteiger partial charge in [0.05, 0.1) is 4.92 Å². The molecule has 0 amide bonds. The fraction of sp³-hybridized carbons (Fsp3) is 0.400. The molecule has 0 heterocycles. The number of rotatable bonds is 6.